The molecule has 0 aromatic carbocycles. The Morgan fingerprint density at radius 1 is 1.27 bits per heavy atom. The van der Waals surface area contributed by atoms with E-state index in [0.29, 0.717) is 25.6 Å². The highest BCUT2D eigenvalue weighted by atomic mass is 16.5. The van der Waals surface area contributed by atoms with Crippen molar-refractivity contribution < 1.29 is 14.3 Å². The molecule has 22 heavy (non-hydrogen) atoms. The van der Waals surface area contributed by atoms with Crippen LogP contribution in [0, 0.1) is 5.92 Å². The molecule has 2 rings (SSSR count). The summed E-state index contributed by atoms with van der Waals surface area (Å²) >= 11 is 0. The number of hydrogen-bond acceptors (Lipinski definition) is 3. The molecule has 0 aromatic rings. The second-order valence-electron chi connectivity index (χ2n) is 6.80. The molecule has 1 aliphatic carbocycles. The van der Waals surface area contributed by atoms with Gasteiger partial charge in [0.25, 0.3) is 0 Å². The van der Waals surface area contributed by atoms with E-state index in [0.717, 1.165) is 12.8 Å². The van der Waals surface area contributed by atoms with Crippen molar-refractivity contribution in [2.24, 2.45) is 5.92 Å². The van der Waals surface area contributed by atoms with Gasteiger partial charge in [0.15, 0.2) is 0 Å². The summed E-state index contributed by atoms with van der Waals surface area (Å²) in [5, 5.41) is 3.19. The van der Waals surface area contributed by atoms with Crippen LogP contribution in [-0.4, -0.2) is 49.1 Å². The number of nitrogens with one attached hydrogen (secondary N) is 1. The lowest BCUT2D eigenvalue weighted by Gasteiger charge is -2.25. The van der Waals surface area contributed by atoms with Crippen molar-refractivity contribution in [1.82, 2.24) is 10.2 Å². The van der Waals surface area contributed by atoms with E-state index in [1.807, 2.05) is 6.92 Å². The third kappa shape index (κ3) is 4.70. The van der Waals surface area contributed by atoms with Crippen molar-refractivity contribution in [2.45, 2.75) is 70.4 Å². The van der Waals surface area contributed by atoms with E-state index >= 15 is 0 Å². The highest BCUT2D eigenvalue weighted by Crippen LogP contribution is 2.22. The topological polar surface area (TPSA) is 58.6 Å². The molecule has 1 heterocycles. The van der Waals surface area contributed by atoms with Crippen molar-refractivity contribution in [2.75, 3.05) is 20.3 Å². The molecule has 126 valence electrons. The Kier molecular flexibility index (Phi) is 6.68. The number of methoxy groups -OCH3 is 1. The van der Waals surface area contributed by atoms with E-state index in [-0.39, 0.29) is 23.8 Å². The molecule has 0 unspecified atom stereocenters. The monoisotopic (exact) mass is 310 g/mol. The fourth-order valence-corrected chi connectivity index (χ4v) is 3.58. The van der Waals surface area contributed by atoms with Crippen LogP contribution in [0.25, 0.3) is 0 Å². The summed E-state index contributed by atoms with van der Waals surface area (Å²) in [4.78, 5) is 26.3. The zero-order valence-electron chi connectivity index (χ0n) is 14.0. The van der Waals surface area contributed by atoms with Crippen LogP contribution in [0.4, 0.5) is 0 Å². The van der Waals surface area contributed by atoms with E-state index in [1.165, 1.54) is 32.1 Å². The van der Waals surface area contributed by atoms with Crippen LogP contribution in [-0.2, 0) is 14.3 Å². The maximum Gasteiger partial charge on any atom is 0.225 e. The van der Waals surface area contributed by atoms with E-state index in [9.17, 15) is 9.59 Å². The SMILES string of the molecule is COC[C@H](C)N1C[C@H](C(=O)NC2CCCCCCC2)CC1=O. The lowest BCUT2D eigenvalue weighted by molar-refractivity contribution is -0.130. The first kappa shape index (κ1) is 17.3. The van der Waals surface area contributed by atoms with E-state index < -0.39 is 0 Å². The fourth-order valence-electron chi connectivity index (χ4n) is 3.58. The summed E-state index contributed by atoms with van der Waals surface area (Å²) in [5.41, 5.74) is 0. The molecule has 2 amide bonds. The number of rotatable bonds is 5. The van der Waals surface area contributed by atoms with Gasteiger partial charge in [0.05, 0.1) is 18.6 Å². The Hall–Kier alpha value is -1.10. The van der Waals surface area contributed by atoms with E-state index in [1.54, 1.807) is 12.0 Å². The van der Waals surface area contributed by atoms with Crippen molar-refractivity contribution in [3.05, 3.63) is 0 Å². The minimum atomic E-state index is -0.197. The lowest BCUT2D eigenvalue weighted by atomic mass is 9.96. The average Bonchev–Trinajstić information content (AvgIpc) is 2.84. The van der Waals surface area contributed by atoms with Gasteiger partial charge in [0.1, 0.15) is 0 Å². The van der Waals surface area contributed by atoms with Crippen molar-refractivity contribution in [1.29, 1.82) is 0 Å². The van der Waals surface area contributed by atoms with Crippen molar-refractivity contribution >= 4 is 11.8 Å². The quantitative estimate of drug-likeness (QED) is 0.846. The van der Waals surface area contributed by atoms with Crippen LogP contribution in [0.15, 0.2) is 0 Å². The summed E-state index contributed by atoms with van der Waals surface area (Å²) < 4.78 is 5.11. The maximum absolute atomic E-state index is 12.5. The fraction of sp³-hybridized carbons (Fsp3) is 0.882. The van der Waals surface area contributed by atoms with Gasteiger partial charge in [0.2, 0.25) is 11.8 Å². The third-order valence-corrected chi connectivity index (χ3v) is 4.92. The largest absolute Gasteiger partial charge is 0.383 e. The van der Waals surface area contributed by atoms with Gasteiger partial charge < -0.3 is 15.0 Å². The van der Waals surface area contributed by atoms with Gasteiger partial charge in [-0.1, -0.05) is 32.1 Å². The van der Waals surface area contributed by atoms with E-state index in [4.69, 9.17) is 4.74 Å². The molecule has 5 heteroatoms. The summed E-state index contributed by atoms with van der Waals surface area (Å²) in [6, 6.07) is 0.338. The number of hydrogen-bond donors (Lipinski definition) is 1. The number of likely N-dealkylation sites (tertiary alicyclic amines) is 1. The van der Waals surface area contributed by atoms with Gasteiger partial charge in [-0.15, -0.1) is 0 Å². The maximum atomic E-state index is 12.5. The second-order valence-corrected chi connectivity index (χ2v) is 6.80. The zero-order chi connectivity index (χ0) is 15.9. The molecule has 1 N–H and O–H groups in total. The molecular weight excluding hydrogens is 280 g/mol. The number of ether oxygens (including phenoxy) is 1. The summed E-state index contributed by atoms with van der Waals surface area (Å²) in [6.07, 6.45) is 8.77. The van der Waals surface area contributed by atoms with Gasteiger partial charge in [-0.05, 0) is 19.8 Å². The number of carbonyl (C=O) groups is 2. The van der Waals surface area contributed by atoms with Gasteiger partial charge in [-0.2, -0.15) is 0 Å². The zero-order valence-corrected chi connectivity index (χ0v) is 14.0. The molecule has 1 aliphatic heterocycles. The molecule has 2 atom stereocenters. The first-order chi connectivity index (χ1) is 10.6. The van der Waals surface area contributed by atoms with Crippen LogP contribution in [0.3, 0.4) is 0 Å². The van der Waals surface area contributed by atoms with Crippen molar-refractivity contribution in [3.63, 3.8) is 0 Å². The average molecular weight is 310 g/mol. The summed E-state index contributed by atoms with van der Waals surface area (Å²) in [7, 11) is 1.63. The highest BCUT2D eigenvalue weighted by molar-refractivity contribution is 5.89. The Labute approximate surface area is 133 Å². The molecule has 1 saturated heterocycles. The molecule has 2 aliphatic rings. The van der Waals surface area contributed by atoms with Gasteiger partial charge in [-0.25, -0.2) is 0 Å². The molecular formula is C17H30N2O3. The third-order valence-electron chi connectivity index (χ3n) is 4.92. The number of carbonyl (C=O) groups excluding carboxylic acids is 2. The highest BCUT2D eigenvalue weighted by Gasteiger charge is 2.37. The predicted octanol–water partition coefficient (Wildman–Crippen LogP) is 2.10. The molecule has 0 aromatic heterocycles. The molecule has 0 spiro atoms. The molecule has 2 fully saturated rings. The van der Waals surface area contributed by atoms with Crippen molar-refractivity contribution in [3.8, 4) is 0 Å². The molecule has 0 radical (unpaired) electrons. The number of amides is 2. The molecule has 0 bridgehead atoms. The second kappa shape index (κ2) is 8.51. The van der Waals surface area contributed by atoms with Gasteiger partial charge in [0, 0.05) is 26.1 Å². The summed E-state index contributed by atoms with van der Waals surface area (Å²) in [6.45, 7) is 3.01. The van der Waals surface area contributed by atoms with Gasteiger partial charge >= 0.3 is 0 Å². The Bertz CT molecular complexity index is 378. The minimum Gasteiger partial charge on any atom is -0.383 e. The summed E-state index contributed by atoms with van der Waals surface area (Å²) in [5.74, 6) is -0.0642. The van der Waals surface area contributed by atoms with Crippen LogP contribution in [0.2, 0.25) is 0 Å². The normalized spacial score (nSPS) is 25.6. The Morgan fingerprint density at radius 3 is 2.55 bits per heavy atom. The smallest absolute Gasteiger partial charge is 0.225 e. The van der Waals surface area contributed by atoms with Crippen LogP contribution in [0.1, 0.15) is 58.3 Å². The first-order valence-electron chi connectivity index (χ1n) is 8.70. The first-order valence-corrected chi connectivity index (χ1v) is 8.70. The minimum absolute atomic E-state index is 0.0386. The van der Waals surface area contributed by atoms with Crippen LogP contribution < -0.4 is 5.32 Å². The Balaban J connectivity index is 1.83. The predicted molar refractivity (Wildman–Crippen MR) is 85.4 cm³/mol. The van der Waals surface area contributed by atoms with Crippen LogP contribution in [0.5, 0.6) is 0 Å². The number of nitrogens with zero attached hydrogens (tertiary/aromatic N) is 1. The Morgan fingerprint density at radius 2 is 1.91 bits per heavy atom. The molecule has 5 nitrogen and oxygen atoms in total. The lowest BCUT2D eigenvalue weighted by Crippen LogP contribution is -2.41. The van der Waals surface area contributed by atoms with Crippen LogP contribution >= 0.6 is 0 Å². The standard InChI is InChI=1S/C17H30N2O3/c1-13(12-22-2)19-11-14(10-16(19)20)17(21)18-15-8-6-4-3-5-7-9-15/h13-15H,3-12H2,1-2H3,(H,18,21)/t13-,14+/m0/s1. The van der Waals surface area contributed by atoms with E-state index in [2.05, 4.69) is 5.32 Å². The van der Waals surface area contributed by atoms with Gasteiger partial charge in [-0.3, -0.25) is 9.59 Å². The molecule has 1 saturated carbocycles.